The van der Waals surface area contributed by atoms with E-state index in [2.05, 4.69) is 38.9 Å². The highest BCUT2D eigenvalue weighted by atomic mass is 35.5. The molecular formula is C16H27ClN2. The molecule has 1 saturated carbocycles. The van der Waals surface area contributed by atoms with Gasteiger partial charge in [-0.3, -0.25) is 4.68 Å². The fraction of sp³-hybridized carbons (Fsp3) is 0.812. The van der Waals surface area contributed by atoms with Gasteiger partial charge in [-0.2, -0.15) is 5.10 Å². The van der Waals surface area contributed by atoms with Crippen LogP contribution in [-0.4, -0.2) is 15.2 Å². The van der Waals surface area contributed by atoms with Crippen LogP contribution >= 0.6 is 11.6 Å². The standard InChI is InChI=1S/C16H27ClN2/c1-11-6-7-14(15(17)8-11)16(3,4)10-13-9-12(2)18-19(13)5/h9,11,14-15H,6-8,10H2,1-5H3. The van der Waals surface area contributed by atoms with E-state index in [1.54, 1.807) is 0 Å². The first-order valence-electron chi connectivity index (χ1n) is 7.43. The Labute approximate surface area is 122 Å². The Kier molecular flexibility index (Phi) is 4.29. The highest BCUT2D eigenvalue weighted by molar-refractivity contribution is 6.20. The molecule has 0 N–H and O–H groups in total. The SMILES string of the molecule is Cc1cc(CC(C)(C)C2CCC(C)CC2Cl)n(C)n1. The molecular weight excluding hydrogens is 256 g/mol. The van der Waals surface area contributed by atoms with Crippen LogP contribution in [0.1, 0.15) is 51.4 Å². The molecule has 1 aliphatic rings. The Morgan fingerprint density at radius 1 is 1.42 bits per heavy atom. The van der Waals surface area contributed by atoms with E-state index < -0.39 is 0 Å². The lowest BCUT2D eigenvalue weighted by Crippen LogP contribution is -2.37. The molecule has 1 aromatic rings. The average molecular weight is 283 g/mol. The van der Waals surface area contributed by atoms with Crippen molar-refractivity contribution >= 4 is 11.6 Å². The lowest BCUT2D eigenvalue weighted by atomic mass is 9.67. The zero-order valence-corrected chi connectivity index (χ0v) is 13.7. The monoisotopic (exact) mass is 282 g/mol. The van der Waals surface area contributed by atoms with Crippen LogP contribution < -0.4 is 0 Å². The summed E-state index contributed by atoms with van der Waals surface area (Å²) in [6, 6.07) is 2.20. The molecule has 0 saturated heterocycles. The molecule has 0 radical (unpaired) electrons. The average Bonchev–Trinajstić information content (AvgIpc) is 2.55. The molecule has 1 aliphatic carbocycles. The fourth-order valence-electron chi connectivity index (χ4n) is 3.62. The number of aromatic nitrogens is 2. The van der Waals surface area contributed by atoms with E-state index in [9.17, 15) is 0 Å². The summed E-state index contributed by atoms with van der Waals surface area (Å²) in [6.45, 7) is 9.11. The van der Waals surface area contributed by atoms with Gasteiger partial charge >= 0.3 is 0 Å². The Morgan fingerprint density at radius 3 is 2.63 bits per heavy atom. The van der Waals surface area contributed by atoms with Crippen LogP contribution in [-0.2, 0) is 13.5 Å². The van der Waals surface area contributed by atoms with Crippen molar-refractivity contribution in [1.82, 2.24) is 9.78 Å². The zero-order valence-electron chi connectivity index (χ0n) is 12.9. The number of hydrogen-bond acceptors (Lipinski definition) is 1. The Bertz CT molecular complexity index is 436. The van der Waals surface area contributed by atoms with E-state index in [4.69, 9.17) is 11.6 Å². The normalized spacial score (nSPS) is 28.6. The van der Waals surface area contributed by atoms with E-state index >= 15 is 0 Å². The largest absolute Gasteiger partial charge is 0.272 e. The Morgan fingerprint density at radius 2 is 2.11 bits per heavy atom. The van der Waals surface area contributed by atoms with Crippen molar-refractivity contribution < 1.29 is 0 Å². The quantitative estimate of drug-likeness (QED) is 0.754. The van der Waals surface area contributed by atoms with Crippen LogP contribution in [0.2, 0.25) is 0 Å². The summed E-state index contributed by atoms with van der Waals surface area (Å²) in [5, 5.41) is 4.78. The third kappa shape index (κ3) is 3.34. The number of halogens is 1. The summed E-state index contributed by atoms with van der Waals surface area (Å²) in [6.07, 6.45) is 4.81. The maximum absolute atomic E-state index is 6.65. The number of nitrogens with zero attached hydrogens (tertiary/aromatic N) is 2. The molecule has 108 valence electrons. The van der Waals surface area contributed by atoms with Crippen LogP contribution in [0.4, 0.5) is 0 Å². The molecule has 0 aliphatic heterocycles. The number of aryl methyl sites for hydroxylation is 2. The van der Waals surface area contributed by atoms with Crippen LogP contribution in [0.3, 0.4) is 0 Å². The smallest absolute Gasteiger partial charge is 0.0596 e. The minimum atomic E-state index is 0.243. The molecule has 0 spiro atoms. The lowest BCUT2D eigenvalue weighted by molar-refractivity contribution is 0.139. The van der Waals surface area contributed by atoms with E-state index in [-0.39, 0.29) is 5.41 Å². The summed E-state index contributed by atoms with van der Waals surface area (Å²) >= 11 is 6.65. The Balaban J connectivity index is 2.11. The summed E-state index contributed by atoms with van der Waals surface area (Å²) in [4.78, 5) is 0. The number of rotatable bonds is 3. The van der Waals surface area contributed by atoms with E-state index in [0.717, 1.165) is 18.0 Å². The predicted octanol–water partition coefficient (Wildman–Crippen LogP) is 4.34. The van der Waals surface area contributed by atoms with Gasteiger partial charge < -0.3 is 0 Å². The van der Waals surface area contributed by atoms with Crippen LogP contribution in [0, 0.1) is 24.2 Å². The summed E-state index contributed by atoms with van der Waals surface area (Å²) in [7, 11) is 2.04. The highest BCUT2D eigenvalue weighted by Crippen LogP contribution is 2.44. The third-order valence-electron chi connectivity index (χ3n) is 4.77. The summed E-state index contributed by atoms with van der Waals surface area (Å²) in [5.74, 6) is 1.40. The molecule has 1 fully saturated rings. The van der Waals surface area contributed by atoms with Gasteiger partial charge in [-0.15, -0.1) is 11.6 Å². The van der Waals surface area contributed by atoms with E-state index in [0.29, 0.717) is 11.3 Å². The van der Waals surface area contributed by atoms with Crippen molar-refractivity contribution in [2.45, 2.75) is 58.8 Å². The van der Waals surface area contributed by atoms with Gasteiger partial charge in [0.1, 0.15) is 0 Å². The minimum Gasteiger partial charge on any atom is -0.272 e. The summed E-state index contributed by atoms with van der Waals surface area (Å²) in [5.41, 5.74) is 2.67. The number of alkyl halides is 1. The van der Waals surface area contributed by atoms with Crippen molar-refractivity contribution in [3.63, 3.8) is 0 Å². The topological polar surface area (TPSA) is 17.8 Å². The van der Waals surface area contributed by atoms with Gasteiger partial charge in [-0.05, 0) is 49.5 Å². The van der Waals surface area contributed by atoms with Gasteiger partial charge in [0.15, 0.2) is 0 Å². The maximum atomic E-state index is 6.65. The summed E-state index contributed by atoms with van der Waals surface area (Å²) < 4.78 is 2.02. The first-order valence-corrected chi connectivity index (χ1v) is 7.87. The molecule has 0 bridgehead atoms. The van der Waals surface area contributed by atoms with E-state index in [1.165, 1.54) is 25.0 Å². The third-order valence-corrected chi connectivity index (χ3v) is 5.26. The van der Waals surface area contributed by atoms with Crippen molar-refractivity contribution in [3.05, 3.63) is 17.5 Å². The van der Waals surface area contributed by atoms with Crippen molar-refractivity contribution in [2.24, 2.45) is 24.3 Å². The van der Waals surface area contributed by atoms with Crippen LogP contribution in [0.15, 0.2) is 6.07 Å². The molecule has 0 aromatic carbocycles. The van der Waals surface area contributed by atoms with Crippen molar-refractivity contribution in [3.8, 4) is 0 Å². The van der Waals surface area contributed by atoms with Crippen LogP contribution in [0.5, 0.6) is 0 Å². The van der Waals surface area contributed by atoms with Gasteiger partial charge in [-0.25, -0.2) is 0 Å². The predicted molar refractivity (Wildman–Crippen MR) is 81.6 cm³/mol. The molecule has 2 nitrogen and oxygen atoms in total. The highest BCUT2D eigenvalue weighted by Gasteiger charge is 2.38. The van der Waals surface area contributed by atoms with E-state index in [1.807, 2.05) is 11.7 Å². The second-order valence-corrected chi connectivity index (χ2v) is 7.67. The first kappa shape index (κ1) is 14.9. The molecule has 1 aromatic heterocycles. The fourth-order valence-corrected chi connectivity index (χ4v) is 4.39. The second kappa shape index (κ2) is 5.47. The van der Waals surface area contributed by atoms with Gasteiger partial charge in [0, 0.05) is 18.1 Å². The lowest BCUT2D eigenvalue weighted by Gasteiger charge is -2.42. The molecule has 19 heavy (non-hydrogen) atoms. The van der Waals surface area contributed by atoms with Gasteiger partial charge in [0.2, 0.25) is 0 Å². The molecule has 0 amide bonds. The zero-order chi connectivity index (χ0) is 14.2. The molecule has 3 atom stereocenters. The molecule has 1 heterocycles. The first-order chi connectivity index (χ1) is 8.79. The van der Waals surface area contributed by atoms with Gasteiger partial charge in [0.05, 0.1) is 5.69 Å². The van der Waals surface area contributed by atoms with Gasteiger partial charge in [0.25, 0.3) is 0 Å². The second-order valence-electron chi connectivity index (χ2n) is 7.11. The molecule has 3 heteroatoms. The van der Waals surface area contributed by atoms with Crippen LogP contribution in [0.25, 0.3) is 0 Å². The Hall–Kier alpha value is -0.500. The molecule has 2 rings (SSSR count). The van der Waals surface area contributed by atoms with Crippen molar-refractivity contribution in [2.75, 3.05) is 0 Å². The van der Waals surface area contributed by atoms with Gasteiger partial charge in [-0.1, -0.05) is 27.2 Å². The number of hydrogen-bond donors (Lipinski definition) is 0. The molecule has 3 unspecified atom stereocenters. The van der Waals surface area contributed by atoms with Crippen molar-refractivity contribution in [1.29, 1.82) is 0 Å². The maximum Gasteiger partial charge on any atom is 0.0596 e. The minimum absolute atomic E-state index is 0.243.